The molecule has 0 saturated carbocycles. The number of nitrogens with zero attached hydrogens (tertiary/aromatic N) is 4. The minimum Gasteiger partial charge on any atom is -0.455 e. The zero-order valence-corrected chi connectivity index (χ0v) is 10.8. The molecule has 0 atom stereocenters. The van der Waals surface area contributed by atoms with Gasteiger partial charge in [0.25, 0.3) is 0 Å². The lowest BCUT2D eigenvalue weighted by molar-refractivity contribution is 0.485. The van der Waals surface area contributed by atoms with E-state index in [-0.39, 0.29) is 0 Å². The first kappa shape index (κ1) is 11.7. The molecule has 96 valence electrons. The number of rotatable bonds is 2. The number of fused-ring (bicyclic) bond motifs is 1. The molecule has 19 heavy (non-hydrogen) atoms. The average Bonchev–Trinajstić information content (AvgIpc) is 2.69. The van der Waals surface area contributed by atoms with Gasteiger partial charge in [0.2, 0.25) is 0 Å². The molecule has 0 spiro atoms. The van der Waals surface area contributed by atoms with Crippen molar-refractivity contribution in [2.75, 3.05) is 5.73 Å². The van der Waals surface area contributed by atoms with E-state index in [1.807, 2.05) is 0 Å². The molecule has 7 heteroatoms. The molecule has 0 saturated heterocycles. The first-order valence-electron chi connectivity index (χ1n) is 5.52. The highest BCUT2D eigenvalue weighted by Gasteiger charge is 2.13. The summed E-state index contributed by atoms with van der Waals surface area (Å²) in [5.41, 5.74) is 6.53. The van der Waals surface area contributed by atoms with Gasteiger partial charge in [0.05, 0.1) is 6.20 Å². The van der Waals surface area contributed by atoms with Gasteiger partial charge in [-0.05, 0) is 12.1 Å². The maximum Gasteiger partial charge on any atom is 0.163 e. The predicted molar refractivity (Wildman–Crippen MR) is 72.2 cm³/mol. The number of anilines is 1. The fourth-order valence-corrected chi connectivity index (χ4v) is 1.93. The van der Waals surface area contributed by atoms with E-state index in [9.17, 15) is 0 Å². The Kier molecular flexibility index (Phi) is 2.72. The zero-order valence-electron chi connectivity index (χ0n) is 10.0. The molecule has 0 aliphatic carbocycles. The van der Waals surface area contributed by atoms with Crippen molar-refractivity contribution in [3.8, 4) is 11.5 Å². The topological polar surface area (TPSA) is 78.9 Å². The van der Waals surface area contributed by atoms with E-state index < -0.39 is 0 Å². The maximum absolute atomic E-state index is 5.87. The number of halogens is 1. The second kappa shape index (κ2) is 4.40. The lowest BCUT2D eigenvalue weighted by atomic mass is 10.3. The Bertz CT molecular complexity index is 738. The van der Waals surface area contributed by atoms with Crippen LogP contribution in [0.3, 0.4) is 0 Å². The molecule has 3 rings (SSSR count). The molecular formula is C12H10ClN5O. The molecule has 3 aromatic rings. The number of nitrogen functional groups attached to an aromatic ring is 1. The van der Waals surface area contributed by atoms with Crippen molar-refractivity contribution in [3.63, 3.8) is 0 Å². The lowest BCUT2D eigenvalue weighted by Gasteiger charge is -2.06. The van der Waals surface area contributed by atoms with Crippen molar-refractivity contribution in [2.45, 2.75) is 0 Å². The van der Waals surface area contributed by atoms with Gasteiger partial charge in [-0.1, -0.05) is 11.6 Å². The van der Waals surface area contributed by atoms with Crippen molar-refractivity contribution in [1.82, 2.24) is 19.7 Å². The highest BCUT2D eigenvalue weighted by Crippen LogP contribution is 2.31. The Morgan fingerprint density at radius 3 is 2.84 bits per heavy atom. The third-order valence-electron chi connectivity index (χ3n) is 2.64. The predicted octanol–water partition coefficient (Wildman–Crippen LogP) is 2.39. The normalized spacial score (nSPS) is 10.8. The van der Waals surface area contributed by atoms with Crippen LogP contribution in [0.25, 0.3) is 11.0 Å². The van der Waals surface area contributed by atoms with Gasteiger partial charge >= 0.3 is 0 Å². The second-order valence-electron chi connectivity index (χ2n) is 3.94. The van der Waals surface area contributed by atoms with Gasteiger partial charge in [-0.3, -0.25) is 0 Å². The Hall–Kier alpha value is -2.34. The van der Waals surface area contributed by atoms with E-state index in [1.54, 1.807) is 42.3 Å². The van der Waals surface area contributed by atoms with Gasteiger partial charge in [-0.15, -0.1) is 0 Å². The van der Waals surface area contributed by atoms with Crippen LogP contribution in [0.2, 0.25) is 5.15 Å². The van der Waals surface area contributed by atoms with E-state index in [0.717, 1.165) is 0 Å². The molecule has 0 aliphatic heterocycles. The zero-order chi connectivity index (χ0) is 13.4. The maximum atomic E-state index is 5.87. The fourth-order valence-electron chi connectivity index (χ4n) is 1.81. The molecule has 2 N–H and O–H groups in total. The monoisotopic (exact) mass is 275 g/mol. The van der Waals surface area contributed by atoms with Crippen LogP contribution in [0.15, 0.2) is 30.6 Å². The molecule has 0 amide bonds. The molecule has 0 fully saturated rings. The smallest absolute Gasteiger partial charge is 0.163 e. The van der Waals surface area contributed by atoms with Gasteiger partial charge in [0.15, 0.2) is 11.5 Å². The standard InChI is InChI=1S/C12H10ClN5O/c1-18-12-10(11(14)17-18)8(4-5-15-12)19-7-2-3-9(13)16-6-7/h2-6H,1H3,(H2,14,17). The summed E-state index contributed by atoms with van der Waals surface area (Å²) >= 11 is 5.73. The Morgan fingerprint density at radius 1 is 1.26 bits per heavy atom. The van der Waals surface area contributed by atoms with Crippen molar-refractivity contribution >= 4 is 28.5 Å². The van der Waals surface area contributed by atoms with Crippen LogP contribution >= 0.6 is 11.6 Å². The van der Waals surface area contributed by atoms with Crippen molar-refractivity contribution in [1.29, 1.82) is 0 Å². The van der Waals surface area contributed by atoms with Crippen molar-refractivity contribution in [2.24, 2.45) is 7.05 Å². The number of aryl methyl sites for hydroxylation is 1. The third kappa shape index (κ3) is 2.06. The number of hydrogen-bond acceptors (Lipinski definition) is 5. The molecule has 6 nitrogen and oxygen atoms in total. The van der Waals surface area contributed by atoms with E-state index in [0.29, 0.717) is 33.5 Å². The first-order chi connectivity index (χ1) is 9.15. The van der Waals surface area contributed by atoms with Crippen LogP contribution in [0.5, 0.6) is 11.5 Å². The van der Waals surface area contributed by atoms with Crippen LogP contribution in [0.1, 0.15) is 0 Å². The summed E-state index contributed by atoms with van der Waals surface area (Å²) in [5.74, 6) is 1.53. The first-order valence-corrected chi connectivity index (χ1v) is 5.89. The third-order valence-corrected chi connectivity index (χ3v) is 2.86. The van der Waals surface area contributed by atoms with Crippen molar-refractivity contribution < 1.29 is 4.74 Å². The van der Waals surface area contributed by atoms with Gasteiger partial charge in [0, 0.05) is 19.3 Å². The summed E-state index contributed by atoms with van der Waals surface area (Å²) in [6.45, 7) is 0. The Morgan fingerprint density at radius 2 is 2.11 bits per heavy atom. The highest BCUT2D eigenvalue weighted by molar-refractivity contribution is 6.29. The van der Waals surface area contributed by atoms with E-state index in [2.05, 4.69) is 15.1 Å². The summed E-state index contributed by atoms with van der Waals surface area (Å²) in [4.78, 5) is 8.18. The van der Waals surface area contributed by atoms with Crippen LogP contribution in [0.4, 0.5) is 5.82 Å². The molecular weight excluding hydrogens is 266 g/mol. The summed E-state index contributed by atoms with van der Waals surface area (Å²) in [6.07, 6.45) is 3.18. The number of aromatic nitrogens is 4. The van der Waals surface area contributed by atoms with E-state index >= 15 is 0 Å². The summed E-state index contributed by atoms with van der Waals surface area (Å²) in [5, 5.41) is 5.21. The molecule has 0 aromatic carbocycles. The van der Waals surface area contributed by atoms with Crippen LogP contribution in [0, 0.1) is 0 Å². The van der Waals surface area contributed by atoms with Crippen molar-refractivity contribution in [3.05, 3.63) is 35.7 Å². The van der Waals surface area contributed by atoms with Gasteiger partial charge in [0.1, 0.15) is 22.0 Å². The largest absolute Gasteiger partial charge is 0.455 e. The fraction of sp³-hybridized carbons (Fsp3) is 0.0833. The lowest BCUT2D eigenvalue weighted by Crippen LogP contribution is -1.92. The number of nitrogens with two attached hydrogens (primary N) is 1. The van der Waals surface area contributed by atoms with Gasteiger partial charge in [-0.25, -0.2) is 14.6 Å². The van der Waals surface area contributed by atoms with Gasteiger partial charge < -0.3 is 10.5 Å². The quantitative estimate of drug-likeness (QED) is 0.727. The van der Waals surface area contributed by atoms with E-state index in [4.69, 9.17) is 22.1 Å². The minimum absolute atomic E-state index is 0.377. The van der Waals surface area contributed by atoms with Crippen LogP contribution in [-0.2, 0) is 7.05 Å². The number of hydrogen-bond donors (Lipinski definition) is 1. The molecule has 0 bridgehead atoms. The summed E-state index contributed by atoms with van der Waals surface area (Å²) in [7, 11) is 1.78. The molecule has 0 aliphatic rings. The Labute approximate surface area is 113 Å². The van der Waals surface area contributed by atoms with Crippen LogP contribution < -0.4 is 10.5 Å². The average molecular weight is 276 g/mol. The van der Waals surface area contributed by atoms with Gasteiger partial charge in [-0.2, -0.15) is 5.10 Å². The molecule has 3 aromatic heterocycles. The number of ether oxygens (including phenoxy) is 1. The number of pyridine rings is 2. The molecule has 3 heterocycles. The van der Waals surface area contributed by atoms with Crippen LogP contribution in [-0.4, -0.2) is 19.7 Å². The highest BCUT2D eigenvalue weighted by atomic mass is 35.5. The molecule has 0 radical (unpaired) electrons. The summed E-state index contributed by atoms with van der Waals surface area (Å²) in [6, 6.07) is 5.12. The summed E-state index contributed by atoms with van der Waals surface area (Å²) < 4.78 is 7.36. The SMILES string of the molecule is Cn1nc(N)c2c(Oc3ccc(Cl)nc3)ccnc21. The minimum atomic E-state index is 0.377. The molecule has 0 unspecified atom stereocenters. The Balaban J connectivity index is 2.08. The second-order valence-corrected chi connectivity index (χ2v) is 4.32. The van der Waals surface area contributed by atoms with E-state index in [1.165, 1.54) is 0 Å².